The summed E-state index contributed by atoms with van der Waals surface area (Å²) < 4.78 is 36.7. The van der Waals surface area contributed by atoms with Crippen LogP contribution in [0.2, 0.25) is 0 Å². The molecule has 0 aromatic rings. The number of rotatable bonds is 11. The lowest BCUT2D eigenvalue weighted by Gasteiger charge is -2.51. The molecule has 0 spiro atoms. The fourth-order valence-corrected chi connectivity index (χ4v) is 11.8. The van der Waals surface area contributed by atoms with Gasteiger partial charge in [0.1, 0.15) is 0 Å². The number of fused-ring (bicyclic) bond motifs is 2. The first kappa shape index (κ1) is 36.5. The van der Waals surface area contributed by atoms with Gasteiger partial charge in [0.25, 0.3) is 0 Å². The van der Waals surface area contributed by atoms with Crippen molar-refractivity contribution >= 4 is 0 Å². The van der Waals surface area contributed by atoms with Gasteiger partial charge in [0.2, 0.25) is 0 Å². The summed E-state index contributed by atoms with van der Waals surface area (Å²) in [5.74, 6) is 4.47. The van der Waals surface area contributed by atoms with Crippen molar-refractivity contribution in [3.63, 3.8) is 0 Å². The third kappa shape index (κ3) is 8.27. The molecular weight excluding hydrogens is 592 g/mol. The second-order valence-electron chi connectivity index (χ2n) is 16.8. The summed E-state index contributed by atoms with van der Waals surface area (Å²) in [5.41, 5.74) is 0. The smallest absolute Gasteiger partial charge is 0.0842 e. The SMILES string of the molecule is COC1CC2CCN(C)C(CC3CCC(OC4CC(CC5C6CC(OC)C(OC)CC6CCN5C)CCC4OC)CC3)C2CC1OC. The summed E-state index contributed by atoms with van der Waals surface area (Å²) in [4.78, 5) is 5.35. The quantitative estimate of drug-likeness (QED) is 0.265. The zero-order chi connectivity index (χ0) is 33.1. The van der Waals surface area contributed by atoms with Crippen LogP contribution in [0.1, 0.15) is 96.3 Å². The highest BCUT2D eigenvalue weighted by molar-refractivity contribution is 4.99. The topological polar surface area (TPSA) is 61.9 Å². The largest absolute Gasteiger partial charge is 0.379 e. The lowest BCUT2D eigenvalue weighted by atomic mass is 9.66. The number of piperidine rings is 2. The van der Waals surface area contributed by atoms with E-state index in [1.807, 2.05) is 35.5 Å². The van der Waals surface area contributed by atoms with Crippen LogP contribution in [0.3, 0.4) is 0 Å². The number of likely N-dealkylation sites (tertiary alicyclic amines) is 2. The molecule has 272 valence electrons. The summed E-state index contributed by atoms with van der Waals surface area (Å²) in [6, 6.07) is 1.30. The average Bonchev–Trinajstić information content (AvgIpc) is 3.10. The summed E-state index contributed by atoms with van der Waals surface area (Å²) >= 11 is 0. The molecule has 13 atom stereocenters. The maximum Gasteiger partial charge on any atom is 0.0842 e. The molecule has 2 heterocycles. The van der Waals surface area contributed by atoms with Crippen LogP contribution in [0.4, 0.5) is 0 Å². The van der Waals surface area contributed by atoms with E-state index in [4.69, 9.17) is 28.4 Å². The molecule has 4 aliphatic carbocycles. The molecular formula is C39H70N2O6. The van der Waals surface area contributed by atoms with E-state index in [0.29, 0.717) is 30.0 Å². The lowest BCUT2D eigenvalue weighted by Crippen LogP contribution is -2.54. The Morgan fingerprint density at radius 2 is 0.894 bits per heavy atom. The van der Waals surface area contributed by atoms with E-state index in [2.05, 4.69) is 23.9 Å². The predicted octanol–water partition coefficient (Wildman–Crippen LogP) is 6.05. The van der Waals surface area contributed by atoms with Crippen LogP contribution in [0.5, 0.6) is 0 Å². The fourth-order valence-electron chi connectivity index (χ4n) is 11.8. The van der Waals surface area contributed by atoms with Crippen molar-refractivity contribution < 1.29 is 28.4 Å². The Kier molecular flexibility index (Phi) is 13.0. The molecule has 0 amide bonds. The summed E-state index contributed by atoms with van der Waals surface area (Å²) in [6.07, 6.45) is 20.1. The van der Waals surface area contributed by atoms with Crippen LogP contribution in [0.25, 0.3) is 0 Å². The van der Waals surface area contributed by atoms with Gasteiger partial charge < -0.3 is 38.2 Å². The lowest BCUT2D eigenvalue weighted by molar-refractivity contribution is -0.134. The Bertz CT molecular complexity index is 948. The van der Waals surface area contributed by atoms with Crippen molar-refractivity contribution in [2.75, 3.05) is 62.7 Å². The Morgan fingerprint density at radius 1 is 0.447 bits per heavy atom. The molecule has 0 aromatic carbocycles. The number of hydrogen-bond donors (Lipinski definition) is 0. The van der Waals surface area contributed by atoms with E-state index in [0.717, 1.165) is 62.2 Å². The van der Waals surface area contributed by atoms with E-state index in [1.54, 1.807) is 0 Å². The van der Waals surface area contributed by atoms with Gasteiger partial charge in [-0.3, -0.25) is 0 Å². The van der Waals surface area contributed by atoms with E-state index in [9.17, 15) is 0 Å². The standard InChI is InChI=1S/C39H70N2O6/c1-40-16-14-27-21-35(43-4)37(45-6)23-30(27)32(40)18-25-8-11-29(12-9-25)47-39-20-26(10-13-34(39)42-3)19-33-31-24-38(46-7)36(44-5)22-28(31)15-17-41(33)2/h25-39H,8-24H2,1-7H3. The first-order valence-corrected chi connectivity index (χ1v) is 19.5. The minimum absolute atomic E-state index is 0.221. The van der Waals surface area contributed by atoms with Gasteiger partial charge in [-0.1, -0.05) is 0 Å². The minimum atomic E-state index is 0.221. The molecule has 8 nitrogen and oxygen atoms in total. The third-order valence-corrected chi connectivity index (χ3v) is 14.6. The second-order valence-corrected chi connectivity index (χ2v) is 16.8. The Labute approximate surface area is 287 Å². The molecule has 0 radical (unpaired) electrons. The first-order chi connectivity index (χ1) is 22.8. The van der Waals surface area contributed by atoms with Crippen molar-refractivity contribution in [3.05, 3.63) is 0 Å². The van der Waals surface area contributed by atoms with E-state index in [1.165, 1.54) is 70.9 Å². The van der Waals surface area contributed by atoms with Crippen LogP contribution in [-0.2, 0) is 28.4 Å². The molecule has 0 N–H and O–H groups in total. The predicted molar refractivity (Wildman–Crippen MR) is 186 cm³/mol. The second kappa shape index (κ2) is 16.8. The number of nitrogens with zero attached hydrogens (tertiary/aromatic N) is 2. The van der Waals surface area contributed by atoms with Gasteiger partial charge in [0.05, 0.1) is 42.7 Å². The normalized spacial score (nSPS) is 46.9. The highest BCUT2D eigenvalue weighted by Gasteiger charge is 2.47. The van der Waals surface area contributed by atoms with Gasteiger partial charge in [-0.05, 0) is 159 Å². The maximum absolute atomic E-state index is 7.03. The van der Waals surface area contributed by atoms with E-state index < -0.39 is 0 Å². The van der Waals surface area contributed by atoms with Gasteiger partial charge in [-0.15, -0.1) is 0 Å². The van der Waals surface area contributed by atoms with Crippen LogP contribution >= 0.6 is 0 Å². The molecule has 2 saturated heterocycles. The summed E-state index contributed by atoms with van der Waals surface area (Å²) in [6.45, 7) is 2.42. The van der Waals surface area contributed by atoms with Crippen molar-refractivity contribution in [3.8, 4) is 0 Å². The minimum Gasteiger partial charge on any atom is -0.379 e. The summed E-state index contributed by atoms with van der Waals surface area (Å²) in [5, 5.41) is 0. The van der Waals surface area contributed by atoms with E-state index >= 15 is 0 Å². The molecule has 6 rings (SSSR count). The molecule has 0 bridgehead atoms. The molecule has 6 aliphatic rings. The number of hydrogen-bond acceptors (Lipinski definition) is 8. The molecule has 0 aromatic heterocycles. The van der Waals surface area contributed by atoms with E-state index in [-0.39, 0.29) is 36.6 Å². The van der Waals surface area contributed by atoms with Crippen LogP contribution < -0.4 is 0 Å². The zero-order valence-electron chi connectivity index (χ0n) is 31.0. The number of ether oxygens (including phenoxy) is 6. The Balaban J connectivity index is 1.01. The molecule has 2 aliphatic heterocycles. The van der Waals surface area contributed by atoms with Gasteiger partial charge in [-0.2, -0.15) is 0 Å². The average molecular weight is 663 g/mol. The Hall–Kier alpha value is -0.320. The molecule has 47 heavy (non-hydrogen) atoms. The van der Waals surface area contributed by atoms with Crippen LogP contribution in [-0.4, -0.2) is 127 Å². The highest BCUT2D eigenvalue weighted by atomic mass is 16.5. The van der Waals surface area contributed by atoms with Crippen LogP contribution in [0.15, 0.2) is 0 Å². The fraction of sp³-hybridized carbons (Fsp3) is 1.00. The monoisotopic (exact) mass is 663 g/mol. The summed E-state index contributed by atoms with van der Waals surface area (Å²) in [7, 11) is 14.1. The first-order valence-electron chi connectivity index (χ1n) is 19.5. The molecule has 4 saturated carbocycles. The van der Waals surface area contributed by atoms with Crippen molar-refractivity contribution in [1.82, 2.24) is 9.80 Å². The highest BCUT2D eigenvalue weighted by Crippen LogP contribution is 2.46. The number of methoxy groups -OCH3 is 5. The van der Waals surface area contributed by atoms with Gasteiger partial charge in [-0.25, -0.2) is 0 Å². The maximum atomic E-state index is 7.03. The van der Waals surface area contributed by atoms with Gasteiger partial charge in [0, 0.05) is 47.6 Å². The third-order valence-electron chi connectivity index (χ3n) is 14.6. The van der Waals surface area contributed by atoms with Gasteiger partial charge in [0.15, 0.2) is 0 Å². The zero-order valence-corrected chi connectivity index (χ0v) is 31.0. The van der Waals surface area contributed by atoms with Crippen molar-refractivity contribution in [2.24, 2.45) is 35.5 Å². The van der Waals surface area contributed by atoms with Gasteiger partial charge >= 0.3 is 0 Å². The van der Waals surface area contributed by atoms with Crippen molar-refractivity contribution in [2.45, 2.75) is 151 Å². The molecule has 8 heteroatoms. The Morgan fingerprint density at radius 3 is 1.38 bits per heavy atom. The van der Waals surface area contributed by atoms with Crippen molar-refractivity contribution in [1.29, 1.82) is 0 Å². The molecule has 13 unspecified atom stereocenters. The molecule has 6 fully saturated rings. The van der Waals surface area contributed by atoms with Crippen LogP contribution in [0, 0.1) is 35.5 Å².